The molecule has 1 aliphatic rings. The van der Waals surface area contributed by atoms with Crippen LogP contribution in [-0.4, -0.2) is 63.3 Å². The summed E-state index contributed by atoms with van der Waals surface area (Å²) in [6.07, 6.45) is 8.73. The van der Waals surface area contributed by atoms with Gasteiger partial charge in [-0.1, -0.05) is 26.2 Å². The summed E-state index contributed by atoms with van der Waals surface area (Å²) in [6.45, 7) is 9.83. The largest absolute Gasteiger partial charge is 0.469 e. The number of furan rings is 1. The molecule has 0 aromatic carbocycles. The lowest BCUT2D eigenvalue weighted by atomic mass is 10.2. The number of guanidine groups is 1. The van der Waals surface area contributed by atoms with Gasteiger partial charge in [0.15, 0.2) is 5.96 Å². The predicted octanol–water partition coefficient (Wildman–Crippen LogP) is 3.28. The van der Waals surface area contributed by atoms with Crippen molar-refractivity contribution < 1.29 is 9.15 Å². The normalized spacial score (nSPS) is 15.4. The molecule has 1 aromatic rings. The summed E-state index contributed by atoms with van der Waals surface area (Å²) in [5.74, 6) is 1.93. The zero-order chi connectivity index (χ0) is 18.3. The van der Waals surface area contributed by atoms with E-state index in [1.54, 1.807) is 6.26 Å². The fourth-order valence-corrected chi connectivity index (χ4v) is 3.00. The van der Waals surface area contributed by atoms with Crippen LogP contribution < -0.4 is 10.6 Å². The lowest BCUT2D eigenvalue weighted by Crippen LogP contribution is -2.39. The Bertz CT molecular complexity index is 476. The number of ether oxygens (including phenoxy) is 1. The number of hydrogen-bond donors (Lipinski definition) is 2. The summed E-state index contributed by atoms with van der Waals surface area (Å²) >= 11 is 0. The lowest BCUT2D eigenvalue weighted by molar-refractivity contribution is 0.0377. The second-order valence-electron chi connectivity index (χ2n) is 6.78. The van der Waals surface area contributed by atoms with E-state index in [1.165, 1.54) is 25.7 Å². The number of halogens is 1. The Balaban J connectivity index is 0.00000364. The SMILES string of the molecule is CCCCCCNC(=NCCCN1CCOCC1)NCCc1ccco1.I. The molecule has 1 aromatic heterocycles. The number of nitrogens with one attached hydrogen (secondary N) is 2. The predicted molar refractivity (Wildman–Crippen MR) is 122 cm³/mol. The van der Waals surface area contributed by atoms with Crippen LogP contribution in [0.1, 0.15) is 44.8 Å². The molecule has 0 unspecified atom stereocenters. The van der Waals surface area contributed by atoms with E-state index in [1.807, 2.05) is 12.1 Å². The Morgan fingerprint density at radius 1 is 1.11 bits per heavy atom. The maximum Gasteiger partial charge on any atom is 0.191 e. The van der Waals surface area contributed by atoms with Gasteiger partial charge in [-0.15, -0.1) is 24.0 Å². The number of nitrogens with zero attached hydrogens (tertiary/aromatic N) is 2. The highest BCUT2D eigenvalue weighted by Gasteiger charge is 2.09. The Kier molecular flexibility index (Phi) is 14.5. The third kappa shape index (κ3) is 11.6. The average molecular weight is 492 g/mol. The molecule has 2 heterocycles. The molecule has 1 saturated heterocycles. The molecule has 2 N–H and O–H groups in total. The zero-order valence-corrected chi connectivity index (χ0v) is 19.1. The van der Waals surface area contributed by atoms with Gasteiger partial charge in [0.05, 0.1) is 19.5 Å². The average Bonchev–Trinajstić information content (AvgIpc) is 3.19. The van der Waals surface area contributed by atoms with Crippen molar-refractivity contribution >= 4 is 29.9 Å². The van der Waals surface area contributed by atoms with E-state index >= 15 is 0 Å². The van der Waals surface area contributed by atoms with Crippen molar-refractivity contribution in [1.82, 2.24) is 15.5 Å². The van der Waals surface area contributed by atoms with E-state index in [0.717, 1.165) is 77.0 Å². The van der Waals surface area contributed by atoms with Gasteiger partial charge in [0.25, 0.3) is 0 Å². The van der Waals surface area contributed by atoms with Crippen molar-refractivity contribution in [3.05, 3.63) is 24.2 Å². The summed E-state index contributed by atoms with van der Waals surface area (Å²) in [5, 5.41) is 6.90. The molecule has 1 fully saturated rings. The van der Waals surface area contributed by atoms with Crippen LogP contribution in [0.3, 0.4) is 0 Å². The lowest BCUT2D eigenvalue weighted by Gasteiger charge is -2.26. The zero-order valence-electron chi connectivity index (χ0n) is 16.8. The minimum absolute atomic E-state index is 0. The first-order valence-corrected chi connectivity index (χ1v) is 10.2. The van der Waals surface area contributed by atoms with Crippen LogP contribution in [0.15, 0.2) is 27.8 Å². The number of morpholine rings is 1. The van der Waals surface area contributed by atoms with Gasteiger partial charge in [0, 0.05) is 45.7 Å². The summed E-state index contributed by atoms with van der Waals surface area (Å²) < 4.78 is 10.8. The van der Waals surface area contributed by atoms with Crippen molar-refractivity contribution in [2.45, 2.75) is 45.4 Å². The van der Waals surface area contributed by atoms with Crippen molar-refractivity contribution in [3.63, 3.8) is 0 Å². The van der Waals surface area contributed by atoms with Gasteiger partial charge < -0.3 is 19.8 Å². The van der Waals surface area contributed by atoms with E-state index in [4.69, 9.17) is 14.1 Å². The minimum Gasteiger partial charge on any atom is -0.469 e. The molecule has 0 spiro atoms. The molecule has 0 aliphatic carbocycles. The van der Waals surface area contributed by atoms with E-state index in [-0.39, 0.29) is 24.0 Å². The number of hydrogen-bond acceptors (Lipinski definition) is 4. The molecule has 2 rings (SSSR count). The van der Waals surface area contributed by atoms with Gasteiger partial charge in [-0.25, -0.2) is 0 Å². The first-order chi connectivity index (χ1) is 12.9. The van der Waals surface area contributed by atoms with Gasteiger partial charge in [-0.2, -0.15) is 0 Å². The van der Waals surface area contributed by atoms with Crippen LogP contribution in [0.4, 0.5) is 0 Å². The Hall–Kier alpha value is -0.800. The summed E-state index contributed by atoms with van der Waals surface area (Å²) in [5.41, 5.74) is 0. The van der Waals surface area contributed by atoms with Crippen LogP contribution in [0.25, 0.3) is 0 Å². The monoisotopic (exact) mass is 492 g/mol. The van der Waals surface area contributed by atoms with E-state index < -0.39 is 0 Å². The van der Waals surface area contributed by atoms with Gasteiger partial charge in [0.2, 0.25) is 0 Å². The molecule has 156 valence electrons. The van der Waals surface area contributed by atoms with Crippen LogP contribution in [0.2, 0.25) is 0 Å². The first-order valence-electron chi connectivity index (χ1n) is 10.2. The molecule has 27 heavy (non-hydrogen) atoms. The van der Waals surface area contributed by atoms with E-state index in [9.17, 15) is 0 Å². The maximum absolute atomic E-state index is 5.39. The summed E-state index contributed by atoms with van der Waals surface area (Å²) in [7, 11) is 0. The van der Waals surface area contributed by atoms with E-state index in [0.29, 0.717) is 0 Å². The van der Waals surface area contributed by atoms with Crippen molar-refractivity contribution in [1.29, 1.82) is 0 Å². The molecule has 0 bridgehead atoms. The fraction of sp³-hybridized carbons (Fsp3) is 0.750. The fourth-order valence-electron chi connectivity index (χ4n) is 3.00. The van der Waals surface area contributed by atoms with Crippen LogP contribution >= 0.6 is 24.0 Å². The third-order valence-corrected chi connectivity index (χ3v) is 4.57. The molecular formula is C20H37IN4O2. The molecule has 7 heteroatoms. The van der Waals surface area contributed by atoms with Crippen LogP contribution in [-0.2, 0) is 11.2 Å². The molecule has 6 nitrogen and oxygen atoms in total. The van der Waals surface area contributed by atoms with Gasteiger partial charge in [-0.3, -0.25) is 9.89 Å². The van der Waals surface area contributed by atoms with Gasteiger partial charge in [-0.05, 0) is 25.0 Å². The molecule has 0 amide bonds. The number of unbranched alkanes of at least 4 members (excludes halogenated alkanes) is 3. The maximum atomic E-state index is 5.39. The molecule has 0 radical (unpaired) electrons. The van der Waals surface area contributed by atoms with Crippen molar-refractivity contribution in [2.75, 3.05) is 52.5 Å². The summed E-state index contributed by atoms with van der Waals surface area (Å²) in [6, 6.07) is 3.95. The molecule has 0 saturated carbocycles. The minimum atomic E-state index is 0. The third-order valence-electron chi connectivity index (χ3n) is 4.57. The van der Waals surface area contributed by atoms with Crippen molar-refractivity contribution in [3.8, 4) is 0 Å². The standard InChI is InChI=1S/C20H36N4O2.HI/c1-2-3-4-5-10-21-20(23-12-9-19-8-6-16-26-19)22-11-7-13-24-14-17-25-18-15-24;/h6,8,16H,2-5,7,9-15,17-18H2,1H3,(H2,21,22,23);1H. The topological polar surface area (TPSA) is 62.0 Å². The Morgan fingerprint density at radius 3 is 2.67 bits per heavy atom. The highest BCUT2D eigenvalue weighted by molar-refractivity contribution is 14.0. The van der Waals surface area contributed by atoms with Gasteiger partial charge >= 0.3 is 0 Å². The first kappa shape index (κ1) is 24.2. The number of aliphatic imine (C=N–C) groups is 1. The summed E-state index contributed by atoms with van der Waals surface area (Å²) in [4.78, 5) is 7.21. The van der Waals surface area contributed by atoms with Crippen LogP contribution in [0, 0.1) is 0 Å². The van der Waals surface area contributed by atoms with Crippen molar-refractivity contribution in [2.24, 2.45) is 4.99 Å². The molecule has 0 atom stereocenters. The van der Waals surface area contributed by atoms with Crippen LogP contribution in [0.5, 0.6) is 0 Å². The Labute approximate surface area is 181 Å². The second-order valence-corrected chi connectivity index (χ2v) is 6.78. The van der Waals surface area contributed by atoms with E-state index in [2.05, 4.69) is 22.5 Å². The highest BCUT2D eigenvalue weighted by Crippen LogP contribution is 2.00. The van der Waals surface area contributed by atoms with Gasteiger partial charge in [0.1, 0.15) is 5.76 Å². The Morgan fingerprint density at radius 2 is 1.93 bits per heavy atom. The quantitative estimate of drug-likeness (QED) is 0.203. The second kappa shape index (κ2) is 16.2. The molecule has 1 aliphatic heterocycles. The molecular weight excluding hydrogens is 455 g/mol. The highest BCUT2D eigenvalue weighted by atomic mass is 127. The number of rotatable bonds is 12. The smallest absolute Gasteiger partial charge is 0.191 e.